The van der Waals surface area contributed by atoms with Crippen LogP contribution in [-0.4, -0.2) is 13.1 Å². The van der Waals surface area contributed by atoms with Crippen molar-refractivity contribution in [1.82, 2.24) is 5.32 Å². The van der Waals surface area contributed by atoms with Crippen LogP contribution in [0.3, 0.4) is 0 Å². The number of hydrogen-bond donors (Lipinski definition) is 1. The maximum Gasteiger partial charge on any atom is 0.0937 e. The van der Waals surface area contributed by atoms with E-state index in [9.17, 15) is 0 Å². The van der Waals surface area contributed by atoms with Crippen LogP contribution in [0.1, 0.15) is 17.9 Å². The van der Waals surface area contributed by atoms with Crippen molar-refractivity contribution >= 4 is 0 Å². The lowest BCUT2D eigenvalue weighted by molar-refractivity contribution is 0.560. The standard InChI is InChI=1S/C8H11NO/c1-3-9-5-7(1)8-2-4-10-6-8/h2,4,6-7,9H,1,3,5H2. The summed E-state index contributed by atoms with van der Waals surface area (Å²) in [5, 5.41) is 3.32. The fourth-order valence-corrected chi connectivity index (χ4v) is 1.45. The zero-order valence-corrected chi connectivity index (χ0v) is 5.84. The molecule has 2 nitrogen and oxygen atoms in total. The molecule has 1 atom stereocenters. The highest BCUT2D eigenvalue weighted by Gasteiger charge is 2.16. The van der Waals surface area contributed by atoms with E-state index in [0.717, 1.165) is 13.1 Å². The first-order valence-electron chi connectivity index (χ1n) is 3.69. The lowest BCUT2D eigenvalue weighted by Crippen LogP contribution is -2.07. The SMILES string of the molecule is c1cc(C2CCNC2)co1. The highest BCUT2D eigenvalue weighted by Crippen LogP contribution is 2.21. The van der Waals surface area contributed by atoms with Gasteiger partial charge in [-0.1, -0.05) is 0 Å². The molecule has 54 valence electrons. The van der Waals surface area contributed by atoms with Gasteiger partial charge in [-0.15, -0.1) is 0 Å². The van der Waals surface area contributed by atoms with E-state index in [1.54, 1.807) is 6.26 Å². The summed E-state index contributed by atoms with van der Waals surface area (Å²) < 4.78 is 5.00. The molecule has 1 aliphatic heterocycles. The van der Waals surface area contributed by atoms with E-state index in [2.05, 4.69) is 11.4 Å². The lowest BCUT2D eigenvalue weighted by atomic mass is 10.0. The zero-order chi connectivity index (χ0) is 6.81. The summed E-state index contributed by atoms with van der Waals surface area (Å²) in [6, 6.07) is 2.05. The summed E-state index contributed by atoms with van der Waals surface area (Å²) in [5.74, 6) is 0.693. The molecule has 10 heavy (non-hydrogen) atoms. The molecule has 1 aromatic heterocycles. The van der Waals surface area contributed by atoms with Crippen LogP contribution >= 0.6 is 0 Å². The fraction of sp³-hybridized carbons (Fsp3) is 0.500. The Hall–Kier alpha value is -0.760. The predicted octanol–water partition coefficient (Wildman–Crippen LogP) is 1.36. The molecule has 0 aliphatic carbocycles. The average molecular weight is 137 g/mol. The maximum absolute atomic E-state index is 5.00. The second-order valence-corrected chi connectivity index (χ2v) is 2.75. The van der Waals surface area contributed by atoms with Gasteiger partial charge in [0.25, 0.3) is 0 Å². The van der Waals surface area contributed by atoms with Crippen molar-refractivity contribution in [2.24, 2.45) is 0 Å². The van der Waals surface area contributed by atoms with E-state index in [4.69, 9.17) is 4.42 Å². The van der Waals surface area contributed by atoms with Crippen LogP contribution in [0.25, 0.3) is 0 Å². The van der Waals surface area contributed by atoms with Crippen LogP contribution in [0.15, 0.2) is 23.0 Å². The van der Waals surface area contributed by atoms with Crippen LogP contribution in [0.2, 0.25) is 0 Å². The largest absolute Gasteiger partial charge is 0.472 e. The predicted molar refractivity (Wildman–Crippen MR) is 38.9 cm³/mol. The summed E-state index contributed by atoms with van der Waals surface area (Å²) >= 11 is 0. The Labute approximate surface area is 60.2 Å². The molecule has 0 radical (unpaired) electrons. The van der Waals surface area contributed by atoms with Crippen LogP contribution in [0.4, 0.5) is 0 Å². The zero-order valence-electron chi connectivity index (χ0n) is 5.84. The summed E-state index contributed by atoms with van der Waals surface area (Å²) in [4.78, 5) is 0. The Morgan fingerprint density at radius 1 is 1.60 bits per heavy atom. The molecular formula is C8H11NO. The fourth-order valence-electron chi connectivity index (χ4n) is 1.45. The molecule has 1 N–H and O–H groups in total. The van der Waals surface area contributed by atoms with Crippen molar-refractivity contribution in [2.75, 3.05) is 13.1 Å². The number of hydrogen-bond acceptors (Lipinski definition) is 2. The monoisotopic (exact) mass is 137 g/mol. The summed E-state index contributed by atoms with van der Waals surface area (Å²) in [6.45, 7) is 2.26. The Bertz CT molecular complexity index is 187. The van der Waals surface area contributed by atoms with E-state index in [1.165, 1.54) is 12.0 Å². The van der Waals surface area contributed by atoms with Gasteiger partial charge in [-0.3, -0.25) is 0 Å². The summed E-state index contributed by atoms with van der Waals surface area (Å²) in [6.07, 6.45) is 4.84. The Kier molecular flexibility index (Phi) is 1.47. The van der Waals surface area contributed by atoms with Crippen molar-refractivity contribution in [3.8, 4) is 0 Å². The van der Waals surface area contributed by atoms with Crippen molar-refractivity contribution in [3.63, 3.8) is 0 Å². The molecule has 2 heteroatoms. The second kappa shape index (κ2) is 2.46. The van der Waals surface area contributed by atoms with Crippen molar-refractivity contribution in [1.29, 1.82) is 0 Å². The van der Waals surface area contributed by atoms with Crippen LogP contribution < -0.4 is 5.32 Å². The number of rotatable bonds is 1. The van der Waals surface area contributed by atoms with Crippen LogP contribution in [0, 0.1) is 0 Å². The molecular weight excluding hydrogens is 126 g/mol. The molecule has 0 bridgehead atoms. The molecule has 1 unspecified atom stereocenters. The smallest absolute Gasteiger partial charge is 0.0937 e. The van der Waals surface area contributed by atoms with Gasteiger partial charge in [-0.25, -0.2) is 0 Å². The minimum Gasteiger partial charge on any atom is -0.472 e. The molecule has 0 aromatic carbocycles. The molecule has 1 aliphatic rings. The molecule has 0 amide bonds. The van der Waals surface area contributed by atoms with E-state index >= 15 is 0 Å². The van der Waals surface area contributed by atoms with Gasteiger partial charge in [-0.05, 0) is 24.6 Å². The average Bonchev–Trinajstić information content (AvgIpc) is 2.59. The molecule has 2 rings (SSSR count). The quantitative estimate of drug-likeness (QED) is 0.632. The lowest BCUT2D eigenvalue weighted by Gasteiger charge is -2.01. The number of furan rings is 1. The summed E-state index contributed by atoms with van der Waals surface area (Å²) in [5.41, 5.74) is 1.34. The Balaban J connectivity index is 2.12. The van der Waals surface area contributed by atoms with E-state index in [1.807, 2.05) is 6.26 Å². The normalized spacial score (nSPS) is 25.4. The first-order chi connectivity index (χ1) is 4.97. The van der Waals surface area contributed by atoms with Gasteiger partial charge in [-0.2, -0.15) is 0 Å². The van der Waals surface area contributed by atoms with Gasteiger partial charge >= 0.3 is 0 Å². The summed E-state index contributed by atoms with van der Waals surface area (Å²) in [7, 11) is 0. The van der Waals surface area contributed by atoms with Crippen LogP contribution in [0.5, 0.6) is 0 Å². The van der Waals surface area contributed by atoms with Gasteiger partial charge in [0.2, 0.25) is 0 Å². The van der Waals surface area contributed by atoms with Crippen molar-refractivity contribution < 1.29 is 4.42 Å². The van der Waals surface area contributed by atoms with E-state index < -0.39 is 0 Å². The highest BCUT2D eigenvalue weighted by atomic mass is 16.3. The molecule has 0 spiro atoms. The second-order valence-electron chi connectivity index (χ2n) is 2.75. The highest BCUT2D eigenvalue weighted by molar-refractivity contribution is 5.14. The van der Waals surface area contributed by atoms with Gasteiger partial charge in [0.05, 0.1) is 12.5 Å². The van der Waals surface area contributed by atoms with Gasteiger partial charge in [0, 0.05) is 12.5 Å². The van der Waals surface area contributed by atoms with Crippen molar-refractivity contribution in [2.45, 2.75) is 12.3 Å². The Morgan fingerprint density at radius 3 is 3.20 bits per heavy atom. The molecule has 2 heterocycles. The first kappa shape index (κ1) is 5.98. The molecule has 1 saturated heterocycles. The Morgan fingerprint density at radius 2 is 2.60 bits per heavy atom. The van der Waals surface area contributed by atoms with Crippen LogP contribution in [-0.2, 0) is 0 Å². The third-order valence-corrected chi connectivity index (χ3v) is 2.07. The molecule has 1 aromatic rings. The minimum atomic E-state index is 0.693. The first-order valence-corrected chi connectivity index (χ1v) is 3.69. The third kappa shape index (κ3) is 0.948. The molecule has 0 saturated carbocycles. The van der Waals surface area contributed by atoms with Crippen molar-refractivity contribution in [3.05, 3.63) is 24.2 Å². The van der Waals surface area contributed by atoms with Gasteiger partial charge in [0.15, 0.2) is 0 Å². The van der Waals surface area contributed by atoms with Gasteiger partial charge in [0.1, 0.15) is 0 Å². The minimum absolute atomic E-state index is 0.693. The van der Waals surface area contributed by atoms with E-state index in [-0.39, 0.29) is 0 Å². The topological polar surface area (TPSA) is 25.2 Å². The number of nitrogens with one attached hydrogen (secondary N) is 1. The van der Waals surface area contributed by atoms with Gasteiger partial charge < -0.3 is 9.73 Å². The van der Waals surface area contributed by atoms with E-state index in [0.29, 0.717) is 5.92 Å². The maximum atomic E-state index is 5.00. The third-order valence-electron chi connectivity index (χ3n) is 2.07. The molecule has 1 fully saturated rings.